The molecule has 4 heterocycles. The predicted molar refractivity (Wildman–Crippen MR) is 198 cm³/mol. The average molecular weight is 739 g/mol. The zero-order valence-electron chi connectivity index (χ0n) is 29.8. The monoisotopic (exact) mass is 738 g/mol. The number of carbonyl (C=O) groups is 1. The van der Waals surface area contributed by atoms with Crippen LogP contribution in [0.2, 0.25) is 0 Å². The number of phenols is 1. The van der Waals surface area contributed by atoms with Gasteiger partial charge in [0.05, 0.1) is 16.5 Å². The molecule has 3 atom stereocenters. The Kier molecular flexibility index (Phi) is 9.89. The van der Waals surface area contributed by atoms with Crippen molar-refractivity contribution >= 4 is 33.4 Å². The number of terminal acetylenes is 1. The van der Waals surface area contributed by atoms with E-state index in [1.807, 2.05) is 11.8 Å². The maximum atomic E-state index is 17.0. The van der Waals surface area contributed by atoms with Crippen molar-refractivity contribution in [3.63, 3.8) is 0 Å². The standard InChI is InChI=1S/C41H38F4N6O3/c1-5-30-33(44)14-11-25-16-29(52)17-31(35(25)30)37-36(45)38-32(19-46-37)39(49(4)22-28-8-7-15-51(28)34(53)6-2)48-40(47-38)54-23-41(3)18-27(43)21-50(41)20-24-9-12-26(42)13-10-24/h1,6,9-14,16-17,19,27-28,52H,2,7-8,15,18,20-23H2,3-4H3/t27-,28+,41+/m1/s1. The van der Waals surface area contributed by atoms with Gasteiger partial charge in [0, 0.05) is 62.8 Å². The number of likely N-dealkylation sites (tertiary alicyclic amines) is 2. The molecule has 0 unspecified atom stereocenters. The van der Waals surface area contributed by atoms with E-state index in [9.17, 15) is 23.1 Å². The molecular formula is C41H38F4N6O3. The molecule has 0 saturated carbocycles. The van der Waals surface area contributed by atoms with Gasteiger partial charge in [-0.25, -0.2) is 17.6 Å². The lowest BCUT2D eigenvalue weighted by Crippen LogP contribution is -2.45. The molecule has 278 valence electrons. The Morgan fingerprint density at radius 2 is 1.96 bits per heavy atom. The molecule has 1 N–H and O–H groups in total. The second kappa shape index (κ2) is 14.6. The van der Waals surface area contributed by atoms with E-state index in [-0.39, 0.29) is 88.0 Å². The molecule has 5 aromatic rings. The minimum absolute atomic E-state index is 0.0567. The molecule has 2 aromatic heterocycles. The Labute approximate surface area is 309 Å². The smallest absolute Gasteiger partial charge is 0.319 e. The molecule has 0 radical (unpaired) electrons. The fourth-order valence-electron chi connectivity index (χ4n) is 7.72. The topological polar surface area (TPSA) is 94.9 Å². The van der Waals surface area contributed by atoms with E-state index in [4.69, 9.17) is 16.1 Å². The molecule has 1 amide bonds. The van der Waals surface area contributed by atoms with Crippen LogP contribution in [0, 0.1) is 29.8 Å². The van der Waals surface area contributed by atoms with Crippen molar-refractivity contribution in [1.82, 2.24) is 24.8 Å². The highest BCUT2D eigenvalue weighted by Crippen LogP contribution is 2.39. The highest BCUT2D eigenvalue weighted by Gasteiger charge is 2.43. The summed E-state index contributed by atoms with van der Waals surface area (Å²) >= 11 is 0. The van der Waals surface area contributed by atoms with Crippen molar-refractivity contribution in [1.29, 1.82) is 0 Å². The van der Waals surface area contributed by atoms with Crippen molar-refractivity contribution in [2.45, 2.75) is 50.5 Å². The van der Waals surface area contributed by atoms with Crippen molar-refractivity contribution in [2.24, 2.45) is 0 Å². The fourth-order valence-corrected chi connectivity index (χ4v) is 7.72. The Morgan fingerprint density at radius 3 is 2.70 bits per heavy atom. The number of phenolic OH excluding ortho intramolecular Hbond substituents is 1. The van der Waals surface area contributed by atoms with Crippen LogP contribution in [0.5, 0.6) is 11.8 Å². The van der Waals surface area contributed by atoms with Gasteiger partial charge in [-0.05, 0) is 67.1 Å². The Morgan fingerprint density at radius 1 is 1.19 bits per heavy atom. The molecule has 9 nitrogen and oxygen atoms in total. The Hall–Kier alpha value is -5.74. The third-order valence-electron chi connectivity index (χ3n) is 10.4. The van der Waals surface area contributed by atoms with E-state index in [0.717, 1.165) is 18.4 Å². The summed E-state index contributed by atoms with van der Waals surface area (Å²) in [4.78, 5) is 31.7. The molecule has 2 fully saturated rings. The number of benzene rings is 3. The van der Waals surface area contributed by atoms with Crippen LogP contribution in [0.1, 0.15) is 37.3 Å². The molecule has 13 heteroatoms. The van der Waals surface area contributed by atoms with Gasteiger partial charge in [-0.15, -0.1) is 6.42 Å². The number of hydrogen-bond acceptors (Lipinski definition) is 8. The summed E-state index contributed by atoms with van der Waals surface area (Å²) in [6, 6.07) is 10.9. The molecule has 2 aliphatic rings. The van der Waals surface area contributed by atoms with Crippen LogP contribution in [-0.2, 0) is 11.3 Å². The number of fused-ring (bicyclic) bond motifs is 2. The van der Waals surface area contributed by atoms with Gasteiger partial charge in [-0.2, -0.15) is 9.97 Å². The van der Waals surface area contributed by atoms with Crippen LogP contribution < -0.4 is 9.64 Å². The van der Waals surface area contributed by atoms with E-state index in [2.05, 4.69) is 22.5 Å². The van der Waals surface area contributed by atoms with Gasteiger partial charge >= 0.3 is 6.01 Å². The molecule has 3 aromatic carbocycles. The number of halogens is 4. The van der Waals surface area contributed by atoms with Crippen LogP contribution >= 0.6 is 0 Å². The number of nitrogens with zero attached hydrogens (tertiary/aromatic N) is 6. The minimum Gasteiger partial charge on any atom is -0.508 e. The second-order valence-corrected chi connectivity index (χ2v) is 14.2. The van der Waals surface area contributed by atoms with E-state index >= 15 is 4.39 Å². The van der Waals surface area contributed by atoms with Gasteiger partial charge in [0.1, 0.15) is 47.2 Å². The van der Waals surface area contributed by atoms with Gasteiger partial charge in [0.25, 0.3) is 0 Å². The first-order valence-electron chi connectivity index (χ1n) is 17.6. The highest BCUT2D eigenvalue weighted by molar-refractivity contribution is 6.03. The molecule has 2 aliphatic heterocycles. The first-order valence-corrected chi connectivity index (χ1v) is 17.6. The summed E-state index contributed by atoms with van der Waals surface area (Å²) in [5.41, 5.74) is -0.501. The van der Waals surface area contributed by atoms with Crippen LogP contribution in [0.15, 0.2) is 67.4 Å². The zero-order valence-corrected chi connectivity index (χ0v) is 29.8. The van der Waals surface area contributed by atoms with Gasteiger partial charge in [-0.3, -0.25) is 14.7 Å². The summed E-state index contributed by atoms with van der Waals surface area (Å²) < 4.78 is 66.7. The fraction of sp³-hybridized carbons (Fsp3) is 0.317. The number of alkyl halides is 1. The average Bonchev–Trinajstić information content (AvgIpc) is 3.73. The van der Waals surface area contributed by atoms with E-state index < -0.39 is 23.3 Å². The number of rotatable bonds is 10. The molecule has 0 bridgehead atoms. The van der Waals surface area contributed by atoms with Crippen LogP contribution in [0.3, 0.4) is 0 Å². The van der Waals surface area contributed by atoms with Crippen molar-refractivity contribution in [3.8, 4) is 35.4 Å². The predicted octanol–water partition coefficient (Wildman–Crippen LogP) is 6.94. The number of hydrogen-bond donors (Lipinski definition) is 1. The number of likely N-dealkylation sites (N-methyl/N-ethyl adjacent to an activating group) is 1. The third-order valence-corrected chi connectivity index (χ3v) is 10.4. The molecule has 7 rings (SSSR count). The number of pyridine rings is 1. The van der Waals surface area contributed by atoms with Crippen molar-refractivity contribution < 1.29 is 32.2 Å². The number of aromatic hydroxyl groups is 1. The summed E-state index contributed by atoms with van der Waals surface area (Å²) in [6.07, 6.45) is 8.89. The van der Waals surface area contributed by atoms with Gasteiger partial charge in [0.15, 0.2) is 5.82 Å². The van der Waals surface area contributed by atoms with Crippen LogP contribution in [0.25, 0.3) is 32.9 Å². The first-order chi connectivity index (χ1) is 25.9. The lowest BCUT2D eigenvalue weighted by atomic mass is 9.96. The van der Waals surface area contributed by atoms with E-state index in [0.29, 0.717) is 25.0 Å². The minimum atomic E-state index is -1.15. The van der Waals surface area contributed by atoms with Crippen molar-refractivity contribution in [2.75, 3.05) is 38.2 Å². The summed E-state index contributed by atoms with van der Waals surface area (Å²) in [6.45, 7) is 6.80. The number of aromatic nitrogens is 3. The maximum absolute atomic E-state index is 17.0. The number of amides is 1. The largest absolute Gasteiger partial charge is 0.508 e. The highest BCUT2D eigenvalue weighted by atomic mass is 19.1. The van der Waals surface area contributed by atoms with Gasteiger partial charge in [0.2, 0.25) is 5.91 Å². The lowest BCUT2D eigenvalue weighted by Gasteiger charge is -2.34. The molecular weight excluding hydrogens is 700 g/mol. The molecule has 54 heavy (non-hydrogen) atoms. The quantitative estimate of drug-likeness (QED) is 0.0936. The number of ether oxygens (including phenoxy) is 1. The number of anilines is 1. The van der Waals surface area contributed by atoms with Crippen LogP contribution in [0.4, 0.5) is 23.4 Å². The summed E-state index contributed by atoms with van der Waals surface area (Å²) in [7, 11) is 1.76. The molecule has 0 aliphatic carbocycles. The first kappa shape index (κ1) is 36.6. The summed E-state index contributed by atoms with van der Waals surface area (Å²) in [5.74, 6) is 0.240. The Balaban J connectivity index is 1.31. The van der Waals surface area contributed by atoms with E-state index in [1.54, 1.807) is 29.0 Å². The maximum Gasteiger partial charge on any atom is 0.319 e. The zero-order chi connectivity index (χ0) is 38.3. The van der Waals surface area contributed by atoms with Crippen molar-refractivity contribution in [3.05, 3.63) is 96.0 Å². The molecule has 2 saturated heterocycles. The second-order valence-electron chi connectivity index (χ2n) is 14.2. The summed E-state index contributed by atoms with van der Waals surface area (Å²) in [5, 5.41) is 11.4. The van der Waals surface area contributed by atoms with Gasteiger partial charge in [-0.1, -0.05) is 30.7 Å². The Bertz CT molecular complexity index is 2320. The molecule has 0 spiro atoms. The normalized spacial score (nSPS) is 20.1. The SMILES string of the molecule is C#Cc1c(F)ccc2cc(O)cc(-c3ncc4c(N(C)C[C@@H]5CCCN5C(=O)C=C)nc(OC[C@]5(C)C[C@@H](F)CN5Cc5ccc(F)cc5)nc4c3F)c12. The number of carbonyl (C=O) groups excluding carboxylic acids is 1. The van der Waals surface area contributed by atoms with Gasteiger partial charge < -0.3 is 19.6 Å². The third kappa shape index (κ3) is 6.89. The van der Waals surface area contributed by atoms with Crippen LogP contribution in [-0.4, -0.2) is 86.8 Å². The van der Waals surface area contributed by atoms with E-state index in [1.165, 1.54) is 48.7 Å². The lowest BCUT2D eigenvalue weighted by molar-refractivity contribution is -0.126.